The van der Waals surface area contributed by atoms with Gasteiger partial charge in [0.15, 0.2) is 18.9 Å². The molecule has 12 N–H and O–H groups in total. The van der Waals surface area contributed by atoms with Gasteiger partial charge in [0.25, 0.3) is 0 Å². The molecule has 3 aliphatic rings. The number of carbonyl (C=O) groups is 1. The molecule has 0 radical (unpaired) electrons. The monoisotopic (exact) mass is 966 g/mol. The maximum atomic E-state index is 13.2. The number of aliphatic hydroxyl groups excluding tert-OH is 11. The lowest BCUT2D eigenvalue weighted by Crippen LogP contribution is -2.66. The highest BCUT2D eigenvalue weighted by molar-refractivity contribution is 5.76. The minimum absolute atomic E-state index is 0.238. The van der Waals surface area contributed by atoms with Crippen LogP contribution in [0.25, 0.3) is 0 Å². The molecule has 0 saturated carbocycles. The van der Waals surface area contributed by atoms with Crippen molar-refractivity contribution in [1.29, 1.82) is 0 Å². The number of hydrogen-bond donors (Lipinski definition) is 12. The highest BCUT2D eigenvalue weighted by atomic mass is 16.8. The Morgan fingerprint density at radius 1 is 0.522 bits per heavy atom. The molecule has 0 aromatic heterocycles. The van der Waals surface area contributed by atoms with Gasteiger partial charge in [-0.2, -0.15) is 0 Å². The second kappa shape index (κ2) is 33.8. The molecule has 17 atom stereocenters. The normalized spacial score (nSPS) is 33.7. The average molecular weight is 966 g/mol. The van der Waals surface area contributed by atoms with Crippen LogP contribution in [0.2, 0.25) is 0 Å². The standard InChI is InChI=1S/C48H87NO18/c1-3-5-7-9-11-13-15-16-18-20-22-24-26-36(54)49-31(32(53)25-23-21-19-17-14-12-10-8-6-4-2)30-62-46-42(60)39(57)44(34(28-51)64-46)67-48-43(61)40(58)45(35(29-52)65-48)66-47-41(59)38(56)37(55)33(27-50)63-47/h14,17,23,25,31-35,37-48,50-53,55-61H,3-13,15-16,18-22,24,26-30H2,1-2H3,(H,49,54)/b17-14+,25-23+. The first-order chi connectivity index (χ1) is 32.3. The van der Waals surface area contributed by atoms with Crippen molar-refractivity contribution in [3.8, 4) is 0 Å². The molecule has 0 bridgehead atoms. The first-order valence-electron chi connectivity index (χ1n) is 25.1. The molecule has 3 heterocycles. The summed E-state index contributed by atoms with van der Waals surface area (Å²) in [5, 5.41) is 119. The van der Waals surface area contributed by atoms with E-state index in [9.17, 15) is 61.0 Å². The molecule has 19 nitrogen and oxygen atoms in total. The van der Waals surface area contributed by atoms with Gasteiger partial charge in [-0.05, 0) is 32.1 Å². The van der Waals surface area contributed by atoms with Crippen LogP contribution in [0.3, 0.4) is 0 Å². The molecule has 3 rings (SSSR count). The van der Waals surface area contributed by atoms with E-state index in [-0.39, 0.29) is 18.9 Å². The van der Waals surface area contributed by atoms with Crippen molar-refractivity contribution in [3.63, 3.8) is 0 Å². The number of unbranched alkanes of at least 4 members (excludes halogenated alkanes) is 16. The first-order valence-corrected chi connectivity index (χ1v) is 25.1. The van der Waals surface area contributed by atoms with E-state index in [0.717, 1.165) is 38.5 Å². The number of carbonyl (C=O) groups excluding carboxylic acids is 1. The van der Waals surface area contributed by atoms with Crippen molar-refractivity contribution >= 4 is 5.91 Å². The maximum Gasteiger partial charge on any atom is 0.220 e. The summed E-state index contributed by atoms with van der Waals surface area (Å²) in [5.74, 6) is -0.291. The van der Waals surface area contributed by atoms with E-state index < -0.39 is 124 Å². The van der Waals surface area contributed by atoms with Crippen molar-refractivity contribution in [3.05, 3.63) is 24.3 Å². The minimum atomic E-state index is -1.98. The van der Waals surface area contributed by atoms with Crippen LogP contribution in [0.15, 0.2) is 24.3 Å². The fraction of sp³-hybridized carbons (Fsp3) is 0.896. The SMILES string of the molecule is CCCCCC/C=C/CC/C=C/C(O)C(COC1OC(CO)C(OC2OC(CO)C(OC3OC(CO)C(O)C(O)C3O)C(O)C2O)C(O)C1O)NC(=O)CCCCCCCCCCCCCC. The van der Waals surface area contributed by atoms with E-state index in [2.05, 4.69) is 31.3 Å². The van der Waals surface area contributed by atoms with Crippen LogP contribution in [0, 0.1) is 0 Å². The van der Waals surface area contributed by atoms with Crippen LogP contribution in [0.4, 0.5) is 0 Å². The number of aliphatic hydroxyl groups is 11. The van der Waals surface area contributed by atoms with Crippen molar-refractivity contribution in [2.75, 3.05) is 26.4 Å². The highest BCUT2D eigenvalue weighted by Crippen LogP contribution is 2.33. The Kier molecular flexibility index (Phi) is 30.0. The summed E-state index contributed by atoms with van der Waals surface area (Å²) in [6, 6.07) is -0.981. The predicted molar refractivity (Wildman–Crippen MR) is 245 cm³/mol. The van der Waals surface area contributed by atoms with Crippen molar-refractivity contribution in [2.24, 2.45) is 0 Å². The van der Waals surface area contributed by atoms with Crippen LogP contribution in [-0.4, -0.2) is 193 Å². The summed E-state index contributed by atoms with van der Waals surface area (Å²) in [6.07, 6.45) is 2.03. The zero-order chi connectivity index (χ0) is 49.1. The van der Waals surface area contributed by atoms with Crippen molar-refractivity contribution in [1.82, 2.24) is 5.32 Å². The number of rotatable bonds is 34. The van der Waals surface area contributed by atoms with Gasteiger partial charge in [-0.25, -0.2) is 0 Å². The Balaban J connectivity index is 1.58. The van der Waals surface area contributed by atoms with Gasteiger partial charge >= 0.3 is 0 Å². The molecule has 3 fully saturated rings. The Labute approximate surface area is 397 Å². The number of hydrogen-bond acceptors (Lipinski definition) is 18. The summed E-state index contributed by atoms with van der Waals surface area (Å²) in [5.41, 5.74) is 0. The molecule has 67 heavy (non-hydrogen) atoms. The number of amides is 1. The molecular formula is C48H87NO18. The number of nitrogens with one attached hydrogen (secondary N) is 1. The molecule has 392 valence electrons. The van der Waals surface area contributed by atoms with Gasteiger partial charge in [0.1, 0.15) is 73.2 Å². The number of allylic oxidation sites excluding steroid dienone is 3. The lowest BCUT2D eigenvalue weighted by atomic mass is 9.96. The van der Waals surface area contributed by atoms with E-state index in [1.54, 1.807) is 6.08 Å². The van der Waals surface area contributed by atoms with Gasteiger partial charge in [0.2, 0.25) is 5.91 Å². The molecular weight excluding hydrogens is 879 g/mol. The van der Waals surface area contributed by atoms with Gasteiger partial charge in [-0.3, -0.25) is 4.79 Å². The second-order valence-corrected chi connectivity index (χ2v) is 18.3. The van der Waals surface area contributed by atoms with E-state index in [0.29, 0.717) is 12.8 Å². The lowest BCUT2D eigenvalue weighted by Gasteiger charge is -2.48. The summed E-state index contributed by atoms with van der Waals surface area (Å²) in [4.78, 5) is 13.2. The largest absolute Gasteiger partial charge is 0.394 e. The predicted octanol–water partition coefficient (Wildman–Crippen LogP) is 1.25. The van der Waals surface area contributed by atoms with Crippen LogP contribution in [0.5, 0.6) is 0 Å². The Morgan fingerprint density at radius 2 is 0.955 bits per heavy atom. The zero-order valence-electron chi connectivity index (χ0n) is 39.9. The second-order valence-electron chi connectivity index (χ2n) is 18.3. The molecule has 0 aromatic rings. The molecule has 3 saturated heterocycles. The van der Waals surface area contributed by atoms with Crippen molar-refractivity contribution < 1.29 is 89.4 Å². The third-order valence-corrected chi connectivity index (χ3v) is 12.8. The average Bonchev–Trinajstić information content (AvgIpc) is 3.32. The summed E-state index contributed by atoms with van der Waals surface area (Å²) in [6.45, 7) is 1.61. The third-order valence-electron chi connectivity index (χ3n) is 12.8. The third kappa shape index (κ3) is 20.1. The molecule has 0 aromatic carbocycles. The van der Waals surface area contributed by atoms with Crippen molar-refractivity contribution in [2.45, 2.75) is 247 Å². The van der Waals surface area contributed by atoms with E-state index in [1.807, 2.05) is 6.08 Å². The smallest absolute Gasteiger partial charge is 0.220 e. The molecule has 0 spiro atoms. The van der Waals surface area contributed by atoms with E-state index >= 15 is 0 Å². The van der Waals surface area contributed by atoms with E-state index in [4.69, 9.17) is 28.4 Å². The van der Waals surface area contributed by atoms with Gasteiger partial charge in [0.05, 0.1) is 38.6 Å². The Bertz CT molecular complexity index is 1340. The minimum Gasteiger partial charge on any atom is -0.394 e. The quantitative estimate of drug-likeness (QED) is 0.0319. The lowest BCUT2D eigenvalue weighted by molar-refractivity contribution is -0.379. The molecule has 3 aliphatic heterocycles. The van der Waals surface area contributed by atoms with Crippen LogP contribution in [0.1, 0.15) is 142 Å². The molecule has 17 unspecified atom stereocenters. The van der Waals surface area contributed by atoms with Crippen LogP contribution >= 0.6 is 0 Å². The highest BCUT2D eigenvalue weighted by Gasteiger charge is 2.53. The van der Waals surface area contributed by atoms with Crippen LogP contribution < -0.4 is 5.32 Å². The first kappa shape index (κ1) is 59.6. The summed E-state index contributed by atoms with van der Waals surface area (Å²) >= 11 is 0. The topological polar surface area (TPSA) is 307 Å². The van der Waals surface area contributed by atoms with Gasteiger partial charge in [0, 0.05) is 6.42 Å². The molecule has 0 aliphatic carbocycles. The maximum absolute atomic E-state index is 13.2. The molecule has 1 amide bonds. The van der Waals surface area contributed by atoms with Gasteiger partial charge < -0.3 is 89.9 Å². The molecule has 19 heteroatoms. The fourth-order valence-corrected chi connectivity index (χ4v) is 8.50. The Morgan fingerprint density at radius 3 is 1.49 bits per heavy atom. The van der Waals surface area contributed by atoms with Crippen LogP contribution in [-0.2, 0) is 33.2 Å². The Hall–Kier alpha value is -1.73. The summed E-state index contributed by atoms with van der Waals surface area (Å²) in [7, 11) is 0. The van der Waals surface area contributed by atoms with E-state index in [1.165, 1.54) is 70.6 Å². The number of ether oxygens (including phenoxy) is 6. The summed E-state index contributed by atoms with van der Waals surface area (Å²) < 4.78 is 34.0. The fourth-order valence-electron chi connectivity index (χ4n) is 8.50. The van der Waals surface area contributed by atoms with Gasteiger partial charge in [-0.1, -0.05) is 128 Å². The zero-order valence-corrected chi connectivity index (χ0v) is 39.9. The van der Waals surface area contributed by atoms with Gasteiger partial charge in [-0.15, -0.1) is 0 Å².